The predicted octanol–water partition coefficient (Wildman–Crippen LogP) is 1.80. The fraction of sp³-hybridized carbons (Fsp3) is 0.300. The zero-order valence-electron chi connectivity index (χ0n) is 7.90. The fourth-order valence-electron chi connectivity index (χ4n) is 0.757. The molecule has 0 aliphatic rings. The molecule has 0 radical (unpaired) electrons. The van der Waals surface area contributed by atoms with Crippen molar-refractivity contribution in [1.29, 1.82) is 0 Å². The Kier molecular flexibility index (Phi) is 5.55. The van der Waals surface area contributed by atoms with Crippen molar-refractivity contribution < 1.29 is 9.90 Å². The molecule has 0 aliphatic heterocycles. The number of rotatable bonds is 1. The Bertz CT molecular complexity index is 240. The molecule has 0 saturated heterocycles. The molecule has 3 heteroatoms. The Morgan fingerprint density at radius 3 is 2.00 bits per heavy atom. The molecule has 1 aromatic carbocycles. The van der Waals surface area contributed by atoms with Gasteiger partial charge in [-0.3, -0.25) is 4.79 Å². The van der Waals surface area contributed by atoms with Crippen LogP contribution in [0.2, 0.25) is 0 Å². The molecule has 0 bridgehead atoms. The highest BCUT2D eigenvalue weighted by Crippen LogP contribution is 2.06. The van der Waals surface area contributed by atoms with E-state index in [1.807, 2.05) is 37.3 Å². The molecule has 0 heterocycles. The van der Waals surface area contributed by atoms with Gasteiger partial charge in [-0.05, 0) is 12.5 Å². The summed E-state index contributed by atoms with van der Waals surface area (Å²) in [7, 11) is 0. The van der Waals surface area contributed by atoms with Gasteiger partial charge in [-0.25, -0.2) is 0 Å². The number of carbonyl (C=O) groups is 1. The van der Waals surface area contributed by atoms with Crippen molar-refractivity contribution in [3.63, 3.8) is 0 Å². The first-order valence-electron chi connectivity index (χ1n) is 4.04. The van der Waals surface area contributed by atoms with Crippen LogP contribution < -0.4 is 5.73 Å². The van der Waals surface area contributed by atoms with Crippen LogP contribution in [0.3, 0.4) is 0 Å². The summed E-state index contributed by atoms with van der Waals surface area (Å²) >= 11 is 0. The van der Waals surface area contributed by atoms with E-state index in [0.29, 0.717) is 0 Å². The minimum absolute atomic E-state index is 0.159. The van der Waals surface area contributed by atoms with E-state index in [-0.39, 0.29) is 6.04 Å². The lowest BCUT2D eigenvalue weighted by Gasteiger charge is -2.02. The number of hydrogen-bond acceptors (Lipinski definition) is 2. The largest absolute Gasteiger partial charge is 0.481 e. The van der Waals surface area contributed by atoms with E-state index in [4.69, 9.17) is 15.6 Å². The molecule has 0 unspecified atom stereocenters. The molecular weight excluding hydrogens is 166 g/mol. The lowest BCUT2D eigenvalue weighted by atomic mass is 10.1. The van der Waals surface area contributed by atoms with Crippen LogP contribution in [0.25, 0.3) is 0 Å². The van der Waals surface area contributed by atoms with Gasteiger partial charge in [-0.1, -0.05) is 30.3 Å². The first kappa shape index (κ1) is 11.6. The quantitative estimate of drug-likeness (QED) is 0.694. The topological polar surface area (TPSA) is 63.3 Å². The summed E-state index contributed by atoms with van der Waals surface area (Å²) in [5, 5.41) is 7.42. The molecule has 0 amide bonds. The molecule has 0 aliphatic carbocycles. The van der Waals surface area contributed by atoms with E-state index >= 15 is 0 Å². The van der Waals surface area contributed by atoms with Crippen molar-refractivity contribution >= 4 is 5.97 Å². The number of carboxylic acids is 1. The Morgan fingerprint density at radius 1 is 1.38 bits per heavy atom. The summed E-state index contributed by atoms with van der Waals surface area (Å²) in [5.74, 6) is -0.833. The van der Waals surface area contributed by atoms with Crippen LogP contribution in [0.1, 0.15) is 25.5 Å². The molecule has 0 spiro atoms. The van der Waals surface area contributed by atoms with Gasteiger partial charge in [0.25, 0.3) is 5.97 Å². The van der Waals surface area contributed by atoms with Gasteiger partial charge in [0.05, 0.1) is 0 Å². The molecule has 1 atom stereocenters. The second-order valence-corrected chi connectivity index (χ2v) is 2.72. The average Bonchev–Trinajstić information content (AvgIpc) is 2.05. The normalized spacial score (nSPS) is 11.0. The van der Waals surface area contributed by atoms with E-state index in [2.05, 4.69) is 0 Å². The lowest BCUT2D eigenvalue weighted by Crippen LogP contribution is -2.03. The first-order valence-corrected chi connectivity index (χ1v) is 4.04. The van der Waals surface area contributed by atoms with E-state index in [1.165, 1.54) is 5.56 Å². The third-order valence-corrected chi connectivity index (χ3v) is 1.33. The van der Waals surface area contributed by atoms with E-state index in [9.17, 15) is 0 Å². The van der Waals surface area contributed by atoms with Crippen LogP contribution in [0.15, 0.2) is 30.3 Å². The number of nitrogens with two attached hydrogens (primary N) is 1. The summed E-state index contributed by atoms with van der Waals surface area (Å²) in [5.41, 5.74) is 6.81. The number of benzene rings is 1. The minimum atomic E-state index is -0.833. The molecule has 1 rings (SSSR count). The van der Waals surface area contributed by atoms with Crippen molar-refractivity contribution in [2.24, 2.45) is 5.73 Å². The molecule has 72 valence electrons. The Morgan fingerprint density at radius 2 is 1.77 bits per heavy atom. The van der Waals surface area contributed by atoms with Crippen molar-refractivity contribution in [3.05, 3.63) is 35.9 Å². The van der Waals surface area contributed by atoms with Gasteiger partial charge in [-0.15, -0.1) is 0 Å². The van der Waals surface area contributed by atoms with Gasteiger partial charge in [0.1, 0.15) is 0 Å². The van der Waals surface area contributed by atoms with Crippen LogP contribution in [-0.2, 0) is 4.79 Å². The summed E-state index contributed by atoms with van der Waals surface area (Å²) < 4.78 is 0. The maximum Gasteiger partial charge on any atom is 0.300 e. The van der Waals surface area contributed by atoms with Crippen molar-refractivity contribution in [2.45, 2.75) is 19.9 Å². The highest BCUT2D eigenvalue weighted by Gasteiger charge is 1.93. The van der Waals surface area contributed by atoms with Gasteiger partial charge in [-0.2, -0.15) is 0 Å². The van der Waals surface area contributed by atoms with Crippen LogP contribution in [0.4, 0.5) is 0 Å². The molecule has 0 saturated carbocycles. The Balaban J connectivity index is 0.000000310. The second kappa shape index (κ2) is 6.20. The maximum absolute atomic E-state index is 9.00. The minimum Gasteiger partial charge on any atom is -0.481 e. The van der Waals surface area contributed by atoms with E-state index < -0.39 is 5.97 Å². The molecule has 3 nitrogen and oxygen atoms in total. The van der Waals surface area contributed by atoms with Crippen LogP contribution in [-0.4, -0.2) is 11.1 Å². The number of aliphatic carboxylic acids is 1. The highest BCUT2D eigenvalue weighted by atomic mass is 16.4. The summed E-state index contributed by atoms with van der Waals surface area (Å²) in [6, 6.07) is 10.2. The fourth-order valence-corrected chi connectivity index (χ4v) is 0.757. The zero-order chi connectivity index (χ0) is 10.3. The third-order valence-electron chi connectivity index (χ3n) is 1.33. The van der Waals surface area contributed by atoms with Gasteiger partial charge in [0.2, 0.25) is 0 Å². The van der Waals surface area contributed by atoms with Crippen LogP contribution in [0, 0.1) is 0 Å². The average molecular weight is 181 g/mol. The van der Waals surface area contributed by atoms with E-state index in [1.54, 1.807) is 0 Å². The first-order chi connectivity index (χ1) is 6.04. The smallest absolute Gasteiger partial charge is 0.300 e. The summed E-state index contributed by atoms with van der Waals surface area (Å²) in [4.78, 5) is 9.00. The van der Waals surface area contributed by atoms with Crippen molar-refractivity contribution in [1.82, 2.24) is 0 Å². The van der Waals surface area contributed by atoms with Crippen LogP contribution >= 0.6 is 0 Å². The van der Waals surface area contributed by atoms with Gasteiger partial charge in [0.15, 0.2) is 0 Å². The second-order valence-electron chi connectivity index (χ2n) is 2.72. The monoisotopic (exact) mass is 181 g/mol. The molecule has 13 heavy (non-hydrogen) atoms. The Labute approximate surface area is 78.2 Å². The predicted molar refractivity (Wildman–Crippen MR) is 52.4 cm³/mol. The molecule has 0 aromatic heterocycles. The Hall–Kier alpha value is -1.35. The number of carboxylic acid groups (broad SMARTS) is 1. The molecular formula is C10H15NO2. The molecule has 1 aromatic rings. The summed E-state index contributed by atoms with van der Waals surface area (Å²) in [6.07, 6.45) is 0. The lowest BCUT2D eigenvalue weighted by molar-refractivity contribution is -0.134. The van der Waals surface area contributed by atoms with Gasteiger partial charge in [0, 0.05) is 13.0 Å². The highest BCUT2D eigenvalue weighted by molar-refractivity contribution is 5.62. The van der Waals surface area contributed by atoms with E-state index in [0.717, 1.165) is 6.92 Å². The maximum atomic E-state index is 9.00. The van der Waals surface area contributed by atoms with Crippen LogP contribution in [0.5, 0.6) is 0 Å². The summed E-state index contributed by atoms with van der Waals surface area (Å²) in [6.45, 7) is 3.06. The standard InChI is InChI=1S/C8H11N.C2H4O2/c1-7(9)8-5-3-2-4-6-8;1-2(3)4/h2-7H,9H2,1H3;1H3,(H,3,4)/t7-;/m0./s1. The SMILES string of the molecule is CC(=O)O.C[C@H](N)c1ccccc1. The van der Waals surface area contributed by atoms with Crippen molar-refractivity contribution in [3.8, 4) is 0 Å². The molecule has 3 N–H and O–H groups in total. The number of hydrogen-bond donors (Lipinski definition) is 2. The third kappa shape index (κ3) is 7.03. The van der Waals surface area contributed by atoms with Gasteiger partial charge < -0.3 is 10.8 Å². The van der Waals surface area contributed by atoms with Crippen molar-refractivity contribution in [2.75, 3.05) is 0 Å². The zero-order valence-corrected chi connectivity index (χ0v) is 7.90. The molecule has 0 fully saturated rings. The van der Waals surface area contributed by atoms with Gasteiger partial charge >= 0.3 is 0 Å².